The Kier molecular flexibility index (Phi) is 6.00. The molecule has 0 spiro atoms. The third-order valence-electron chi connectivity index (χ3n) is 3.04. The van der Waals surface area contributed by atoms with Crippen LogP contribution < -0.4 is 5.73 Å². The van der Waals surface area contributed by atoms with Gasteiger partial charge in [0.1, 0.15) is 5.69 Å². The SMILES string of the molecule is CCc1nn(C)c(C(=O)N(CCC#N)CCOC)c1N. The molecule has 0 saturated heterocycles. The van der Waals surface area contributed by atoms with Crippen LogP contribution >= 0.6 is 0 Å². The summed E-state index contributed by atoms with van der Waals surface area (Å²) in [5.41, 5.74) is 7.48. The minimum Gasteiger partial charge on any atom is -0.395 e. The van der Waals surface area contributed by atoms with Crippen LogP contribution in [0.1, 0.15) is 29.5 Å². The number of nitrogen functional groups attached to an aromatic ring is 1. The number of carbonyl (C=O) groups is 1. The highest BCUT2D eigenvalue weighted by molar-refractivity contribution is 5.98. The van der Waals surface area contributed by atoms with E-state index in [4.69, 9.17) is 15.7 Å². The zero-order chi connectivity index (χ0) is 15.1. The van der Waals surface area contributed by atoms with Crippen molar-refractivity contribution in [2.75, 3.05) is 32.5 Å². The molecule has 1 amide bonds. The maximum Gasteiger partial charge on any atom is 0.274 e. The Bertz CT molecular complexity index is 504. The summed E-state index contributed by atoms with van der Waals surface area (Å²) in [5, 5.41) is 12.9. The maximum absolute atomic E-state index is 12.5. The number of nitrogens with two attached hydrogens (primary N) is 1. The predicted molar refractivity (Wildman–Crippen MR) is 75.0 cm³/mol. The lowest BCUT2D eigenvalue weighted by molar-refractivity contribution is 0.0690. The number of nitrogens with zero attached hydrogens (tertiary/aromatic N) is 4. The van der Waals surface area contributed by atoms with Gasteiger partial charge in [-0.2, -0.15) is 10.4 Å². The molecule has 0 bridgehead atoms. The summed E-state index contributed by atoms with van der Waals surface area (Å²) in [6.07, 6.45) is 0.942. The highest BCUT2D eigenvalue weighted by Crippen LogP contribution is 2.19. The van der Waals surface area contributed by atoms with Crippen molar-refractivity contribution in [2.24, 2.45) is 7.05 Å². The molecule has 0 atom stereocenters. The van der Waals surface area contributed by atoms with Gasteiger partial charge in [0.15, 0.2) is 0 Å². The van der Waals surface area contributed by atoms with E-state index in [1.807, 2.05) is 13.0 Å². The fourth-order valence-electron chi connectivity index (χ4n) is 1.96. The highest BCUT2D eigenvalue weighted by atomic mass is 16.5. The van der Waals surface area contributed by atoms with Gasteiger partial charge in [0.2, 0.25) is 0 Å². The third-order valence-corrected chi connectivity index (χ3v) is 3.04. The van der Waals surface area contributed by atoms with Gasteiger partial charge in [-0.1, -0.05) is 6.92 Å². The fourth-order valence-corrected chi connectivity index (χ4v) is 1.96. The molecule has 0 saturated carbocycles. The van der Waals surface area contributed by atoms with Crippen molar-refractivity contribution in [3.63, 3.8) is 0 Å². The van der Waals surface area contributed by atoms with E-state index in [0.717, 1.165) is 0 Å². The van der Waals surface area contributed by atoms with Crippen molar-refractivity contribution in [3.8, 4) is 6.07 Å². The molecule has 0 radical (unpaired) electrons. The van der Waals surface area contributed by atoms with Crippen molar-refractivity contribution >= 4 is 11.6 Å². The van der Waals surface area contributed by atoms with E-state index in [-0.39, 0.29) is 12.3 Å². The summed E-state index contributed by atoms with van der Waals surface area (Å²) < 4.78 is 6.50. The van der Waals surface area contributed by atoms with Crippen LogP contribution in [0.25, 0.3) is 0 Å². The Balaban J connectivity index is 2.99. The summed E-state index contributed by atoms with van der Waals surface area (Å²) in [7, 11) is 3.27. The molecule has 0 unspecified atom stereocenters. The number of amides is 1. The second-order valence-corrected chi connectivity index (χ2v) is 4.38. The van der Waals surface area contributed by atoms with E-state index in [9.17, 15) is 4.79 Å². The summed E-state index contributed by atoms with van der Waals surface area (Å²) in [6.45, 7) is 3.12. The summed E-state index contributed by atoms with van der Waals surface area (Å²) in [6, 6.07) is 2.04. The van der Waals surface area contributed by atoms with Crippen LogP contribution in [0.2, 0.25) is 0 Å². The molecule has 7 heteroatoms. The quantitative estimate of drug-likeness (QED) is 0.786. The van der Waals surface area contributed by atoms with Crippen molar-refractivity contribution in [1.29, 1.82) is 5.26 Å². The number of hydrogen-bond donors (Lipinski definition) is 1. The molecule has 20 heavy (non-hydrogen) atoms. The van der Waals surface area contributed by atoms with Gasteiger partial charge in [0, 0.05) is 27.2 Å². The topological polar surface area (TPSA) is 97.2 Å². The van der Waals surface area contributed by atoms with E-state index in [1.165, 1.54) is 4.68 Å². The molecule has 110 valence electrons. The first-order valence-electron chi connectivity index (χ1n) is 6.53. The van der Waals surface area contributed by atoms with Crippen molar-refractivity contribution < 1.29 is 9.53 Å². The molecule has 0 aromatic carbocycles. The fraction of sp³-hybridized carbons (Fsp3) is 0.615. The molecule has 0 fully saturated rings. The van der Waals surface area contributed by atoms with Gasteiger partial charge in [-0.25, -0.2) is 0 Å². The maximum atomic E-state index is 12.5. The van der Waals surface area contributed by atoms with Crippen LogP contribution in [-0.2, 0) is 18.2 Å². The minimum atomic E-state index is -0.218. The lowest BCUT2D eigenvalue weighted by atomic mass is 10.2. The summed E-state index contributed by atoms with van der Waals surface area (Å²) >= 11 is 0. The van der Waals surface area contributed by atoms with Crippen LogP contribution in [0.4, 0.5) is 5.69 Å². The number of rotatable bonds is 7. The Morgan fingerprint density at radius 2 is 2.25 bits per heavy atom. The summed E-state index contributed by atoms with van der Waals surface area (Å²) in [4.78, 5) is 14.1. The van der Waals surface area contributed by atoms with E-state index >= 15 is 0 Å². The first-order chi connectivity index (χ1) is 9.56. The van der Waals surface area contributed by atoms with Crippen molar-refractivity contribution in [1.82, 2.24) is 14.7 Å². The normalized spacial score (nSPS) is 10.3. The van der Waals surface area contributed by atoms with Gasteiger partial charge in [-0.05, 0) is 6.42 Å². The van der Waals surface area contributed by atoms with Gasteiger partial charge in [0.05, 0.1) is 30.5 Å². The Morgan fingerprint density at radius 1 is 1.55 bits per heavy atom. The van der Waals surface area contributed by atoms with E-state index in [1.54, 1.807) is 19.1 Å². The van der Waals surface area contributed by atoms with Gasteiger partial charge in [0.25, 0.3) is 5.91 Å². The number of ether oxygens (including phenoxy) is 1. The number of aromatic nitrogens is 2. The van der Waals surface area contributed by atoms with E-state index < -0.39 is 0 Å². The number of hydrogen-bond acceptors (Lipinski definition) is 5. The zero-order valence-corrected chi connectivity index (χ0v) is 12.2. The largest absolute Gasteiger partial charge is 0.395 e. The standard InChI is InChI=1S/C13H21N5O2/c1-4-10-11(15)12(17(2)16-10)13(19)18(7-5-6-14)8-9-20-3/h4-5,7-9,15H2,1-3H3. The number of methoxy groups -OCH3 is 1. The lowest BCUT2D eigenvalue weighted by Crippen LogP contribution is -2.36. The molecular formula is C13H21N5O2. The average Bonchev–Trinajstić information content (AvgIpc) is 2.73. The minimum absolute atomic E-state index is 0.218. The number of carbonyl (C=O) groups excluding carboxylic acids is 1. The number of aryl methyl sites for hydroxylation is 2. The molecule has 1 aromatic rings. The van der Waals surface area contributed by atoms with E-state index in [0.29, 0.717) is 43.2 Å². The Morgan fingerprint density at radius 3 is 2.75 bits per heavy atom. The number of anilines is 1. The molecular weight excluding hydrogens is 258 g/mol. The van der Waals surface area contributed by atoms with Crippen LogP contribution in [0, 0.1) is 11.3 Å². The van der Waals surface area contributed by atoms with Gasteiger partial charge in [-0.15, -0.1) is 0 Å². The second kappa shape index (κ2) is 7.50. The Hall–Kier alpha value is -2.07. The third kappa shape index (κ3) is 3.48. The zero-order valence-electron chi connectivity index (χ0n) is 12.2. The molecule has 1 rings (SSSR count). The van der Waals surface area contributed by atoms with Crippen molar-refractivity contribution in [3.05, 3.63) is 11.4 Å². The van der Waals surface area contributed by atoms with Gasteiger partial charge in [-0.3, -0.25) is 9.48 Å². The monoisotopic (exact) mass is 279 g/mol. The lowest BCUT2D eigenvalue weighted by Gasteiger charge is -2.21. The summed E-state index contributed by atoms with van der Waals surface area (Å²) in [5.74, 6) is -0.218. The first-order valence-corrected chi connectivity index (χ1v) is 6.53. The predicted octanol–water partition coefficient (Wildman–Crippen LogP) is 0.567. The molecule has 0 aliphatic rings. The molecule has 0 aliphatic carbocycles. The molecule has 0 aliphatic heterocycles. The molecule has 7 nitrogen and oxygen atoms in total. The molecule has 2 N–H and O–H groups in total. The smallest absolute Gasteiger partial charge is 0.274 e. The van der Waals surface area contributed by atoms with Crippen LogP contribution in [0.3, 0.4) is 0 Å². The molecule has 1 heterocycles. The number of nitriles is 1. The second-order valence-electron chi connectivity index (χ2n) is 4.38. The van der Waals surface area contributed by atoms with Gasteiger partial charge >= 0.3 is 0 Å². The van der Waals surface area contributed by atoms with Crippen LogP contribution in [-0.4, -0.2) is 47.4 Å². The molecule has 1 aromatic heterocycles. The van der Waals surface area contributed by atoms with Crippen LogP contribution in [0.5, 0.6) is 0 Å². The van der Waals surface area contributed by atoms with Crippen molar-refractivity contribution in [2.45, 2.75) is 19.8 Å². The first kappa shape index (κ1) is 16.0. The van der Waals surface area contributed by atoms with Crippen LogP contribution in [0.15, 0.2) is 0 Å². The Labute approximate surface area is 118 Å². The highest BCUT2D eigenvalue weighted by Gasteiger charge is 2.23. The van der Waals surface area contributed by atoms with Gasteiger partial charge < -0.3 is 15.4 Å². The average molecular weight is 279 g/mol. The van der Waals surface area contributed by atoms with E-state index in [2.05, 4.69) is 5.10 Å².